The Bertz CT molecular complexity index is 606. The monoisotopic (exact) mass is 265 g/mol. The maximum absolute atomic E-state index is 12.1. The molecule has 3 rings (SSSR count). The van der Waals surface area contributed by atoms with E-state index in [1.165, 1.54) is 11.1 Å². The third-order valence-electron chi connectivity index (χ3n) is 3.96. The van der Waals surface area contributed by atoms with Gasteiger partial charge in [-0.1, -0.05) is 55.5 Å². The quantitative estimate of drug-likeness (QED) is 0.893. The van der Waals surface area contributed by atoms with E-state index < -0.39 is 0 Å². The number of rotatable bonds is 4. The van der Waals surface area contributed by atoms with E-state index in [2.05, 4.69) is 30.4 Å². The number of anilines is 1. The summed E-state index contributed by atoms with van der Waals surface area (Å²) in [7, 11) is 0. The SMILES string of the molecule is C[C@@H]1C[C@@H]1C(=O)Nc1ccccc1Cc1ccccc1. The van der Waals surface area contributed by atoms with Gasteiger partial charge in [0.05, 0.1) is 0 Å². The molecule has 0 heterocycles. The average molecular weight is 265 g/mol. The highest BCUT2D eigenvalue weighted by atomic mass is 16.2. The summed E-state index contributed by atoms with van der Waals surface area (Å²) in [6.45, 7) is 2.13. The molecule has 0 saturated heterocycles. The van der Waals surface area contributed by atoms with Crippen molar-refractivity contribution in [3.8, 4) is 0 Å². The average Bonchev–Trinajstić information content (AvgIpc) is 3.19. The third-order valence-corrected chi connectivity index (χ3v) is 3.96. The van der Waals surface area contributed by atoms with Crippen LogP contribution in [0.5, 0.6) is 0 Å². The van der Waals surface area contributed by atoms with Crippen molar-refractivity contribution in [2.45, 2.75) is 19.8 Å². The zero-order chi connectivity index (χ0) is 13.9. The molecule has 0 bridgehead atoms. The van der Waals surface area contributed by atoms with Gasteiger partial charge in [0.2, 0.25) is 5.91 Å². The highest BCUT2D eigenvalue weighted by Gasteiger charge is 2.39. The first-order valence-electron chi connectivity index (χ1n) is 7.17. The molecular weight excluding hydrogens is 246 g/mol. The molecule has 1 amide bonds. The van der Waals surface area contributed by atoms with Crippen LogP contribution in [0.15, 0.2) is 54.6 Å². The Kier molecular flexibility index (Phi) is 3.55. The first-order chi connectivity index (χ1) is 9.74. The van der Waals surface area contributed by atoms with E-state index in [4.69, 9.17) is 0 Å². The van der Waals surface area contributed by atoms with Crippen LogP contribution in [0.3, 0.4) is 0 Å². The summed E-state index contributed by atoms with van der Waals surface area (Å²) in [5.74, 6) is 0.911. The van der Waals surface area contributed by atoms with Crippen molar-refractivity contribution in [3.63, 3.8) is 0 Å². The minimum atomic E-state index is 0.165. The van der Waals surface area contributed by atoms with Crippen molar-refractivity contribution >= 4 is 11.6 Å². The van der Waals surface area contributed by atoms with Crippen molar-refractivity contribution in [2.24, 2.45) is 11.8 Å². The number of para-hydroxylation sites is 1. The van der Waals surface area contributed by atoms with Crippen LogP contribution in [0.1, 0.15) is 24.5 Å². The number of nitrogens with one attached hydrogen (secondary N) is 1. The number of amides is 1. The zero-order valence-electron chi connectivity index (χ0n) is 11.7. The molecule has 0 aromatic heterocycles. The Morgan fingerprint density at radius 2 is 1.75 bits per heavy atom. The number of carbonyl (C=O) groups is 1. The van der Waals surface area contributed by atoms with Crippen molar-refractivity contribution in [1.82, 2.24) is 0 Å². The van der Waals surface area contributed by atoms with Gasteiger partial charge in [-0.2, -0.15) is 0 Å². The van der Waals surface area contributed by atoms with Crippen LogP contribution in [0.2, 0.25) is 0 Å². The lowest BCUT2D eigenvalue weighted by molar-refractivity contribution is -0.117. The summed E-state index contributed by atoms with van der Waals surface area (Å²) in [5.41, 5.74) is 3.37. The Morgan fingerprint density at radius 3 is 2.45 bits per heavy atom. The molecule has 0 aliphatic heterocycles. The maximum atomic E-state index is 12.1. The molecule has 2 aromatic carbocycles. The predicted molar refractivity (Wildman–Crippen MR) is 81.6 cm³/mol. The second-order valence-electron chi connectivity index (χ2n) is 5.63. The third kappa shape index (κ3) is 2.90. The first kappa shape index (κ1) is 12.9. The molecule has 2 heteroatoms. The van der Waals surface area contributed by atoms with Gasteiger partial charge in [-0.15, -0.1) is 0 Å². The lowest BCUT2D eigenvalue weighted by Gasteiger charge is -2.11. The van der Waals surface area contributed by atoms with Crippen molar-refractivity contribution in [3.05, 3.63) is 65.7 Å². The van der Waals surface area contributed by atoms with Gasteiger partial charge in [0.15, 0.2) is 0 Å². The second kappa shape index (κ2) is 5.49. The number of carbonyl (C=O) groups excluding carboxylic acids is 1. The molecular formula is C18H19NO. The van der Waals surface area contributed by atoms with Crippen LogP contribution in [0, 0.1) is 11.8 Å². The van der Waals surface area contributed by atoms with Crippen LogP contribution in [0.4, 0.5) is 5.69 Å². The normalized spacial score (nSPS) is 20.4. The van der Waals surface area contributed by atoms with Gasteiger partial charge < -0.3 is 5.32 Å². The van der Waals surface area contributed by atoms with Crippen molar-refractivity contribution in [2.75, 3.05) is 5.32 Å². The lowest BCUT2D eigenvalue weighted by Crippen LogP contribution is -2.15. The standard InChI is InChI=1S/C18H19NO/c1-13-11-16(13)18(20)19-17-10-6-5-9-15(17)12-14-7-3-2-4-8-14/h2-10,13,16H,11-12H2,1H3,(H,19,20)/t13-,16+/m1/s1. The van der Waals surface area contributed by atoms with Crippen LogP contribution in [0.25, 0.3) is 0 Å². The molecule has 2 nitrogen and oxygen atoms in total. The van der Waals surface area contributed by atoms with Crippen LogP contribution in [-0.2, 0) is 11.2 Å². The molecule has 102 valence electrons. The van der Waals surface area contributed by atoms with E-state index in [1.54, 1.807) is 0 Å². The van der Waals surface area contributed by atoms with Gasteiger partial charge in [-0.25, -0.2) is 0 Å². The molecule has 2 atom stereocenters. The van der Waals surface area contributed by atoms with Gasteiger partial charge in [0.1, 0.15) is 0 Å². The Hall–Kier alpha value is -2.09. The highest BCUT2D eigenvalue weighted by Crippen LogP contribution is 2.38. The van der Waals surface area contributed by atoms with E-state index in [0.717, 1.165) is 18.5 Å². The lowest BCUT2D eigenvalue weighted by atomic mass is 10.0. The summed E-state index contributed by atoms with van der Waals surface area (Å²) < 4.78 is 0. The fourth-order valence-electron chi connectivity index (χ4n) is 2.53. The summed E-state index contributed by atoms with van der Waals surface area (Å²) in [5, 5.41) is 3.08. The summed E-state index contributed by atoms with van der Waals surface area (Å²) in [4.78, 5) is 12.1. The van der Waals surface area contributed by atoms with E-state index >= 15 is 0 Å². The Morgan fingerprint density at radius 1 is 1.10 bits per heavy atom. The molecule has 0 unspecified atom stereocenters. The summed E-state index contributed by atoms with van der Waals surface area (Å²) in [6, 6.07) is 18.4. The fourth-order valence-corrected chi connectivity index (χ4v) is 2.53. The molecule has 1 aliphatic carbocycles. The number of hydrogen-bond donors (Lipinski definition) is 1. The topological polar surface area (TPSA) is 29.1 Å². The predicted octanol–water partition coefficient (Wildman–Crippen LogP) is 3.87. The van der Waals surface area contributed by atoms with Gasteiger partial charge >= 0.3 is 0 Å². The van der Waals surface area contributed by atoms with Crippen LogP contribution >= 0.6 is 0 Å². The van der Waals surface area contributed by atoms with Crippen molar-refractivity contribution in [1.29, 1.82) is 0 Å². The smallest absolute Gasteiger partial charge is 0.227 e. The highest BCUT2D eigenvalue weighted by molar-refractivity contribution is 5.95. The number of benzene rings is 2. The van der Waals surface area contributed by atoms with E-state index in [1.807, 2.05) is 36.4 Å². The maximum Gasteiger partial charge on any atom is 0.227 e. The minimum absolute atomic E-state index is 0.165. The first-order valence-corrected chi connectivity index (χ1v) is 7.17. The Labute approximate surface area is 119 Å². The van der Waals surface area contributed by atoms with Gasteiger partial charge in [-0.05, 0) is 36.0 Å². The zero-order valence-corrected chi connectivity index (χ0v) is 11.7. The van der Waals surface area contributed by atoms with E-state index in [9.17, 15) is 4.79 Å². The Balaban J connectivity index is 1.76. The molecule has 1 N–H and O–H groups in total. The molecule has 2 aromatic rings. The van der Waals surface area contributed by atoms with Crippen LogP contribution in [-0.4, -0.2) is 5.91 Å². The number of hydrogen-bond acceptors (Lipinski definition) is 1. The molecule has 20 heavy (non-hydrogen) atoms. The fraction of sp³-hybridized carbons (Fsp3) is 0.278. The second-order valence-corrected chi connectivity index (χ2v) is 5.63. The molecule has 0 radical (unpaired) electrons. The van der Waals surface area contributed by atoms with E-state index in [0.29, 0.717) is 5.92 Å². The van der Waals surface area contributed by atoms with E-state index in [-0.39, 0.29) is 11.8 Å². The summed E-state index contributed by atoms with van der Waals surface area (Å²) >= 11 is 0. The molecule has 1 fully saturated rings. The van der Waals surface area contributed by atoms with Gasteiger partial charge in [0.25, 0.3) is 0 Å². The van der Waals surface area contributed by atoms with Gasteiger partial charge in [0, 0.05) is 11.6 Å². The summed E-state index contributed by atoms with van der Waals surface area (Å²) in [6.07, 6.45) is 1.87. The molecule has 1 saturated carbocycles. The largest absolute Gasteiger partial charge is 0.326 e. The minimum Gasteiger partial charge on any atom is -0.326 e. The molecule has 0 spiro atoms. The van der Waals surface area contributed by atoms with Crippen molar-refractivity contribution < 1.29 is 4.79 Å². The van der Waals surface area contributed by atoms with Crippen LogP contribution < -0.4 is 5.32 Å². The van der Waals surface area contributed by atoms with Gasteiger partial charge in [-0.3, -0.25) is 4.79 Å². The molecule has 1 aliphatic rings.